The lowest BCUT2D eigenvalue weighted by molar-refractivity contribution is -0.116. The molecule has 7 heteroatoms. The van der Waals surface area contributed by atoms with Gasteiger partial charge < -0.3 is 19.5 Å². The number of methoxy groups -OCH3 is 1. The lowest BCUT2D eigenvalue weighted by Crippen LogP contribution is -2.14. The zero-order valence-electron chi connectivity index (χ0n) is 14.2. The monoisotopic (exact) mass is 363 g/mol. The first kappa shape index (κ1) is 18.8. The van der Waals surface area contributed by atoms with Crippen LogP contribution in [-0.2, 0) is 9.53 Å². The van der Waals surface area contributed by atoms with E-state index >= 15 is 0 Å². The van der Waals surface area contributed by atoms with Crippen molar-refractivity contribution in [3.8, 4) is 11.5 Å². The van der Waals surface area contributed by atoms with E-state index in [-0.39, 0.29) is 12.3 Å². The van der Waals surface area contributed by atoms with E-state index < -0.39 is 5.97 Å². The van der Waals surface area contributed by atoms with Crippen LogP contribution in [0, 0.1) is 0 Å². The summed E-state index contributed by atoms with van der Waals surface area (Å²) in [4.78, 5) is 24.0. The molecule has 134 valence electrons. The molecule has 1 aromatic carbocycles. The topological polar surface area (TPSA) is 73.9 Å². The van der Waals surface area contributed by atoms with E-state index in [1.165, 1.54) is 18.4 Å². The van der Waals surface area contributed by atoms with Crippen LogP contribution in [0.3, 0.4) is 0 Å². The Morgan fingerprint density at radius 3 is 2.52 bits per heavy atom. The molecule has 0 spiro atoms. The normalized spacial score (nSPS) is 10.2. The Morgan fingerprint density at radius 2 is 1.84 bits per heavy atom. The summed E-state index contributed by atoms with van der Waals surface area (Å²) in [6.07, 6.45) is 0.831. The van der Waals surface area contributed by atoms with Gasteiger partial charge in [-0.15, -0.1) is 11.3 Å². The molecule has 1 N–H and O–H groups in total. The highest BCUT2D eigenvalue weighted by Gasteiger charge is 2.15. The third-order valence-corrected chi connectivity index (χ3v) is 4.16. The minimum absolute atomic E-state index is 0.176. The van der Waals surface area contributed by atoms with Crippen LogP contribution in [0.2, 0.25) is 0 Å². The standard InChI is InChI=1S/C18H21NO5S/c1-3-23-14-7-4-5-8-15(14)24-11-6-9-16(20)19-13-10-12-25-17(13)18(21)22-2/h4-5,7-8,10,12H,3,6,9,11H2,1-2H3,(H,19,20). The molecule has 2 aromatic rings. The smallest absolute Gasteiger partial charge is 0.350 e. The number of anilines is 1. The molecule has 0 unspecified atom stereocenters. The largest absolute Gasteiger partial charge is 0.490 e. The van der Waals surface area contributed by atoms with Crippen molar-refractivity contribution in [3.05, 3.63) is 40.6 Å². The van der Waals surface area contributed by atoms with Gasteiger partial charge in [-0.3, -0.25) is 4.79 Å². The molecular weight excluding hydrogens is 342 g/mol. The van der Waals surface area contributed by atoms with E-state index in [1.54, 1.807) is 11.4 Å². The fraction of sp³-hybridized carbons (Fsp3) is 0.333. The molecule has 25 heavy (non-hydrogen) atoms. The molecule has 0 saturated heterocycles. The Morgan fingerprint density at radius 1 is 1.12 bits per heavy atom. The van der Waals surface area contributed by atoms with Crippen molar-refractivity contribution in [2.45, 2.75) is 19.8 Å². The summed E-state index contributed by atoms with van der Waals surface area (Å²) < 4.78 is 15.8. The second-order valence-electron chi connectivity index (χ2n) is 5.03. The maximum Gasteiger partial charge on any atom is 0.350 e. The summed E-state index contributed by atoms with van der Waals surface area (Å²) in [6, 6.07) is 9.11. The van der Waals surface area contributed by atoms with Crippen molar-refractivity contribution in [2.75, 3.05) is 25.6 Å². The van der Waals surface area contributed by atoms with Crippen molar-refractivity contribution in [1.82, 2.24) is 0 Å². The first-order valence-electron chi connectivity index (χ1n) is 7.96. The number of thiophene rings is 1. The van der Waals surface area contributed by atoms with Crippen molar-refractivity contribution < 1.29 is 23.8 Å². The van der Waals surface area contributed by atoms with Crippen molar-refractivity contribution in [1.29, 1.82) is 0 Å². The Hall–Kier alpha value is -2.54. The van der Waals surface area contributed by atoms with Gasteiger partial charge in [-0.2, -0.15) is 0 Å². The second kappa shape index (κ2) is 9.68. The molecule has 0 saturated carbocycles. The number of rotatable bonds is 9. The van der Waals surface area contributed by atoms with E-state index in [9.17, 15) is 9.59 Å². The first-order chi connectivity index (χ1) is 12.2. The number of hydrogen-bond acceptors (Lipinski definition) is 6. The van der Waals surface area contributed by atoms with Gasteiger partial charge in [-0.05, 0) is 36.9 Å². The van der Waals surface area contributed by atoms with E-state index in [1.807, 2.05) is 31.2 Å². The number of para-hydroxylation sites is 2. The molecular formula is C18H21NO5S. The van der Waals surface area contributed by atoms with E-state index in [4.69, 9.17) is 9.47 Å². The minimum atomic E-state index is -0.457. The van der Waals surface area contributed by atoms with Crippen LogP contribution in [0.1, 0.15) is 29.4 Å². The molecule has 0 aliphatic rings. The molecule has 1 amide bonds. The van der Waals surface area contributed by atoms with E-state index in [2.05, 4.69) is 10.1 Å². The molecule has 0 atom stereocenters. The third-order valence-electron chi connectivity index (χ3n) is 3.26. The summed E-state index contributed by atoms with van der Waals surface area (Å²) in [5, 5.41) is 4.46. The molecule has 2 rings (SSSR count). The van der Waals surface area contributed by atoms with E-state index in [0.717, 1.165) is 0 Å². The molecule has 1 aromatic heterocycles. The fourth-order valence-electron chi connectivity index (χ4n) is 2.13. The summed E-state index contributed by atoms with van der Waals surface area (Å²) in [5.74, 6) is 0.720. The Kier molecular flexibility index (Phi) is 7.28. The summed E-state index contributed by atoms with van der Waals surface area (Å²) in [7, 11) is 1.31. The predicted octanol–water partition coefficient (Wildman–Crippen LogP) is 3.73. The van der Waals surface area contributed by atoms with Crippen LogP contribution in [-0.4, -0.2) is 32.2 Å². The maximum atomic E-state index is 12.0. The van der Waals surface area contributed by atoms with Crippen LogP contribution in [0.5, 0.6) is 11.5 Å². The third kappa shape index (κ3) is 5.49. The maximum absolute atomic E-state index is 12.0. The number of amides is 1. The zero-order chi connectivity index (χ0) is 18.1. The van der Waals surface area contributed by atoms with Crippen LogP contribution >= 0.6 is 11.3 Å². The van der Waals surface area contributed by atoms with Crippen LogP contribution < -0.4 is 14.8 Å². The van der Waals surface area contributed by atoms with Crippen LogP contribution in [0.15, 0.2) is 35.7 Å². The summed E-state index contributed by atoms with van der Waals surface area (Å²) >= 11 is 1.23. The van der Waals surface area contributed by atoms with Gasteiger partial charge in [0.1, 0.15) is 4.88 Å². The Labute approximate surface area is 150 Å². The highest BCUT2D eigenvalue weighted by Crippen LogP contribution is 2.26. The Bertz CT molecular complexity index is 713. The molecule has 0 bridgehead atoms. The number of esters is 1. The molecule has 1 heterocycles. The number of nitrogens with one attached hydrogen (secondary N) is 1. The molecule has 0 aliphatic heterocycles. The molecule has 0 aliphatic carbocycles. The lowest BCUT2D eigenvalue weighted by atomic mass is 10.3. The van der Waals surface area contributed by atoms with E-state index in [0.29, 0.717) is 41.7 Å². The summed E-state index contributed by atoms with van der Waals surface area (Å²) in [5.41, 5.74) is 0.476. The molecule has 6 nitrogen and oxygen atoms in total. The Balaban J connectivity index is 1.78. The van der Waals surface area contributed by atoms with Gasteiger partial charge >= 0.3 is 5.97 Å². The average molecular weight is 363 g/mol. The lowest BCUT2D eigenvalue weighted by Gasteiger charge is -2.11. The zero-order valence-corrected chi connectivity index (χ0v) is 15.1. The fourth-order valence-corrected chi connectivity index (χ4v) is 2.90. The van der Waals surface area contributed by atoms with Crippen molar-refractivity contribution in [3.63, 3.8) is 0 Å². The number of ether oxygens (including phenoxy) is 3. The highest BCUT2D eigenvalue weighted by atomic mass is 32.1. The van der Waals surface area contributed by atoms with Gasteiger partial charge in [0.15, 0.2) is 11.5 Å². The van der Waals surface area contributed by atoms with Gasteiger partial charge in [0.05, 0.1) is 26.0 Å². The number of hydrogen-bond donors (Lipinski definition) is 1. The second-order valence-corrected chi connectivity index (χ2v) is 5.95. The van der Waals surface area contributed by atoms with Crippen molar-refractivity contribution >= 4 is 28.9 Å². The van der Waals surface area contributed by atoms with Gasteiger partial charge in [0, 0.05) is 6.42 Å². The van der Waals surface area contributed by atoms with Gasteiger partial charge in [-0.25, -0.2) is 4.79 Å². The van der Waals surface area contributed by atoms with Crippen molar-refractivity contribution in [2.24, 2.45) is 0 Å². The van der Waals surface area contributed by atoms with Gasteiger partial charge in [-0.1, -0.05) is 12.1 Å². The molecule has 0 fully saturated rings. The minimum Gasteiger partial charge on any atom is -0.490 e. The number of benzene rings is 1. The average Bonchev–Trinajstić information content (AvgIpc) is 3.07. The number of carbonyl (C=O) groups is 2. The predicted molar refractivity (Wildman–Crippen MR) is 96.6 cm³/mol. The van der Waals surface area contributed by atoms with Gasteiger partial charge in [0.25, 0.3) is 0 Å². The first-order valence-corrected chi connectivity index (χ1v) is 8.84. The van der Waals surface area contributed by atoms with Gasteiger partial charge in [0.2, 0.25) is 5.91 Å². The summed E-state index contributed by atoms with van der Waals surface area (Å²) in [6.45, 7) is 2.87. The molecule has 0 radical (unpaired) electrons. The number of carbonyl (C=O) groups excluding carboxylic acids is 2. The SMILES string of the molecule is CCOc1ccccc1OCCCC(=O)Nc1ccsc1C(=O)OC. The quantitative estimate of drug-likeness (QED) is 0.543. The van der Waals surface area contributed by atoms with Crippen LogP contribution in [0.25, 0.3) is 0 Å². The van der Waals surface area contributed by atoms with Crippen LogP contribution in [0.4, 0.5) is 5.69 Å². The highest BCUT2D eigenvalue weighted by molar-refractivity contribution is 7.12.